The van der Waals surface area contributed by atoms with Crippen LogP contribution in [0.1, 0.15) is 22.6 Å². The molecule has 2 nitrogen and oxygen atoms in total. The minimum atomic E-state index is 1.15. The Morgan fingerprint density at radius 3 is 1.47 bits per heavy atom. The van der Waals surface area contributed by atoms with Crippen molar-refractivity contribution < 1.29 is 0 Å². The normalized spacial score (nSPS) is 11.8. The first-order valence-electron chi connectivity index (χ1n) is 6.66. The minimum absolute atomic E-state index is 1.15. The second-order valence-corrected chi connectivity index (χ2v) is 8.17. The number of hydrogen-bond acceptors (Lipinski definition) is 3. The molecule has 19 heavy (non-hydrogen) atoms. The molecule has 1 aromatic rings. The summed E-state index contributed by atoms with van der Waals surface area (Å²) in [5, 5.41) is 0. The molecule has 1 heterocycles. The lowest BCUT2D eigenvalue weighted by Crippen LogP contribution is -2.13. The van der Waals surface area contributed by atoms with E-state index in [0.29, 0.717) is 0 Å². The maximum atomic E-state index is 3.73. The Morgan fingerprint density at radius 2 is 1.16 bits per heavy atom. The summed E-state index contributed by atoms with van der Waals surface area (Å²) in [4.78, 5) is 7.45. The summed E-state index contributed by atoms with van der Waals surface area (Å²) in [5.74, 6) is 0. The van der Waals surface area contributed by atoms with Gasteiger partial charge in [-0.2, -0.15) is 0 Å². The van der Waals surface area contributed by atoms with Gasteiger partial charge in [-0.05, 0) is 98.8 Å². The van der Waals surface area contributed by atoms with E-state index in [4.69, 9.17) is 0 Å². The van der Waals surface area contributed by atoms with Gasteiger partial charge in [-0.1, -0.05) is 0 Å². The Kier molecular flexibility index (Phi) is 8.14. The van der Waals surface area contributed by atoms with Gasteiger partial charge in [0.25, 0.3) is 0 Å². The lowest BCUT2D eigenvalue weighted by Gasteiger charge is -2.08. The molecule has 0 bridgehead atoms. The summed E-state index contributed by atoms with van der Waals surface area (Å²) in [7, 11) is 8.52. The Bertz CT molecular complexity index is 355. The summed E-state index contributed by atoms with van der Waals surface area (Å²) >= 11 is 9.42. The van der Waals surface area contributed by atoms with E-state index >= 15 is 0 Å². The molecule has 5 heteroatoms. The highest BCUT2D eigenvalue weighted by Crippen LogP contribution is 2.38. The van der Waals surface area contributed by atoms with Crippen molar-refractivity contribution in [3.8, 4) is 0 Å². The SMILES string of the molecule is CN(C)CCCc1sc(CCCN(C)C)c(Br)c1Br. The molecule has 0 aliphatic carbocycles. The van der Waals surface area contributed by atoms with Gasteiger partial charge >= 0.3 is 0 Å². The summed E-state index contributed by atoms with van der Waals surface area (Å²) in [5.41, 5.74) is 0. The number of halogens is 2. The Morgan fingerprint density at radius 1 is 0.789 bits per heavy atom. The predicted octanol–water partition coefficient (Wildman–Crippen LogP) is 4.26. The lowest BCUT2D eigenvalue weighted by atomic mass is 10.2. The third kappa shape index (κ3) is 6.25. The number of hydrogen-bond donors (Lipinski definition) is 0. The number of rotatable bonds is 8. The Balaban J connectivity index is 2.54. The second kappa shape index (κ2) is 8.78. The molecule has 0 aromatic carbocycles. The fourth-order valence-corrected chi connectivity index (χ4v) is 4.71. The molecular weight excluding hydrogens is 388 g/mol. The van der Waals surface area contributed by atoms with Crippen molar-refractivity contribution in [1.29, 1.82) is 0 Å². The molecule has 1 aromatic heterocycles. The van der Waals surface area contributed by atoms with E-state index in [0.717, 1.165) is 25.9 Å². The minimum Gasteiger partial charge on any atom is -0.309 e. The molecule has 0 atom stereocenters. The third-order valence-electron chi connectivity index (χ3n) is 2.95. The number of nitrogens with zero attached hydrogens (tertiary/aromatic N) is 2. The van der Waals surface area contributed by atoms with Crippen molar-refractivity contribution in [2.24, 2.45) is 0 Å². The van der Waals surface area contributed by atoms with Crippen LogP contribution < -0.4 is 0 Å². The molecule has 0 radical (unpaired) electrons. The van der Waals surface area contributed by atoms with Crippen molar-refractivity contribution in [2.75, 3.05) is 41.3 Å². The molecule has 0 fully saturated rings. The number of aryl methyl sites for hydroxylation is 2. The highest BCUT2D eigenvalue weighted by atomic mass is 79.9. The summed E-state index contributed by atoms with van der Waals surface area (Å²) < 4.78 is 2.55. The average molecular weight is 412 g/mol. The third-order valence-corrected chi connectivity index (χ3v) is 7.06. The van der Waals surface area contributed by atoms with Gasteiger partial charge < -0.3 is 9.80 Å². The lowest BCUT2D eigenvalue weighted by molar-refractivity contribution is 0.401. The van der Waals surface area contributed by atoms with Gasteiger partial charge in [-0.15, -0.1) is 11.3 Å². The zero-order valence-electron chi connectivity index (χ0n) is 12.3. The van der Waals surface area contributed by atoms with Crippen molar-refractivity contribution in [3.05, 3.63) is 18.7 Å². The van der Waals surface area contributed by atoms with Gasteiger partial charge in [-0.25, -0.2) is 0 Å². The first-order valence-corrected chi connectivity index (χ1v) is 9.07. The Hall–Kier alpha value is 0.580. The van der Waals surface area contributed by atoms with Gasteiger partial charge in [0, 0.05) is 18.7 Å². The summed E-state index contributed by atoms with van der Waals surface area (Å²) in [6, 6.07) is 0. The molecule has 0 unspecified atom stereocenters. The molecule has 0 aliphatic heterocycles. The largest absolute Gasteiger partial charge is 0.309 e. The maximum Gasteiger partial charge on any atom is 0.0459 e. The number of thiophene rings is 1. The van der Waals surface area contributed by atoms with Crippen molar-refractivity contribution in [2.45, 2.75) is 25.7 Å². The van der Waals surface area contributed by atoms with Crippen molar-refractivity contribution >= 4 is 43.2 Å². The average Bonchev–Trinajstić information content (AvgIpc) is 2.57. The molecule has 0 amide bonds. The van der Waals surface area contributed by atoms with Crippen LogP contribution in [0.15, 0.2) is 8.95 Å². The van der Waals surface area contributed by atoms with Gasteiger partial charge in [-0.3, -0.25) is 0 Å². The molecular formula is C14H24Br2N2S. The first kappa shape index (κ1) is 17.6. The zero-order valence-corrected chi connectivity index (χ0v) is 16.3. The van der Waals surface area contributed by atoms with E-state index in [1.54, 1.807) is 0 Å². The fourth-order valence-electron chi connectivity index (χ4n) is 1.92. The van der Waals surface area contributed by atoms with Crippen LogP contribution in [0.3, 0.4) is 0 Å². The van der Waals surface area contributed by atoms with E-state index in [9.17, 15) is 0 Å². The predicted molar refractivity (Wildman–Crippen MR) is 93.5 cm³/mol. The van der Waals surface area contributed by atoms with Gasteiger partial charge in [0.1, 0.15) is 0 Å². The monoisotopic (exact) mass is 410 g/mol. The molecule has 0 aliphatic rings. The van der Waals surface area contributed by atoms with Crippen LogP contribution in [0.5, 0.6) is 0 Å². The van der Waals surface area contributed by atoms with Crippen LogP contribution in [0.4, 0.5) is 0 Å². The van der Waals surface area contributed by atoms with E-state index in [-0.39, 0.29) is 0 Å². The quantitative estimate of drug-likeness (QED) is 0.630. The van der Waals surface area contributed by atoms with E-state index in [1.807, 2.05) is 11.3 Å². The van der Waals surface area contributed by atoms with Crippen LogP contribution in [-0.2, 0) is 12.8 Å². The van der Waals surface area contributed by atoms with E-state index < -0.39 is 0 Å². The van der Waals surface area contributed by atoms with Crippen molar-refractivity contribution in [1.82, 2.24) is 9.80 Å². The smallest absolute Gasteiger partial charge is 0.0459 e. The molecule has 0 saturated carbocycles. The van der Waals surface area contributed by atoms with Gasteiger partial charge in [0.2, 0.25) is 0 Å². The molecule has 0 N–H and O–H groups in total. The maximum absolute atomic E-state index is 3.73. The van der Waals surface area contributed by atoms with Crippen molar-refractivity contribution in [3.63, 3.8) is 0 Å². The molecule has 1 rings (SSSR count). The summed E-state index contributed by atoms with van der Waals surface area (Å²) in [6.07, 6.45) is 4.76. The fraction of sp³-hybridized carbons (Fsp3) is 0.714. The standard InChI is InChI=1S/C14H24Br2N2S/c1-17(2)9-5-7-11-13(15)14(16)12(19-11)8-6-10-18(3)4/h5-10H2,1-4H3. The van der Waals surface area contributed by atoms with Gasteiger partial charge in [0.15, 0.2) is 0 Å². The highest BCUT2D eigenvalue weighted by molar-refractivity contribution is 9.13. The van der Waals surface area contributed by atoms with E-state index in [2.05, 4.69) is 69.9 Å². The van der Waals surface area contributed by atoms with Crippen LogP contribution in [0, 0.1) is 0 Å². The van der Waals surface area contributed by atoms with Crippen LogP contribution in [-0.4, -0.2) is 51.1 Å². The summed E-state index contributed by atoms with van der Waals surface area (Å²) in [6.45, 7) is 2.30. The zero-order chi connectivity index (χ0) is 14.4. The van der Waals surface area contributed by atoms with E-state index in [1.165, 1.54) is 31.5 Å². The van der Waals surface area contributed by atoms with Crippen LogP contribution in [0.25, 0.3) is 0 Å². The van der Waals surface area contributed by atoms with Crippen LogP contribution >= 0.6 is 43.2 Å². The molecule has 0 spiro atoms. The van der Waals surface area contributed by atoms with Gasteiger partial charge in [0.05, 0.1) is 0 Å². The second-order valence-electron chi connectivity index (χ2n) is 5.39. The molecule has 110 valence electrons. The first-order chi connectivity index (χ1) is 8.91. The Labute approximate surface area is 138 Å². The molecule has 0 saturated heterocycles. The highest BCUT2D eigenvalue weighted by Gasteiger charge is 2.13. The topological polar surface area (TPSA) is 6.48 Å². The van der Waals surface area contributed by atoms with Crippen LogP contribution in [0.2, 0.25) is 0 Å².